The first kappa shape index (κ1) is 13.6. The summed E-state index contributed by atoms with van der Waals surface area (Å²) in [4.78, 5) is 0. The van der Waals surface area contributed by atoms with Crippen LogP contribution in [0.2, 0.25) is 0 Å². The second kappa shape index (κ2) is 5.77. The van der Waals surface area contributed by atoms with Gasteiger partial charge >= 0.3 is 6.36 Å². The molecule has 0 aliphatic rings. The fraction of sp³-hybridized carbons (Fsp3) is 0.455. The van der Waals surface area contributed by atoms with Crippen LogP contribution >= 0.6 is 0 Å². The molecule has 0 saturated carbocycles. The van der Waals surface area contributed by atoms with Gasteiger partial charge in [0.1, 0.15) is 18.1 Å². The van der Waals surface area contributed by atoms with Crippen molar-refractivity contribution in [3.63, 3.8) is 0 Å². The molecule has 96 valence electrons. The van der Waals surface area contributed by atoms with Crippen molar-refractivity contribution in [1.82, 2.24) is 0 Å². The first-order valence-corrected chi connectivity index (χ1v) is 5.07. The summed E-state index contributed by atoms with van der Waals surface area (Å²) in [7, 11) is 0. The fourth-order valence-corrected chi connectivity index (χ4v) is 1.05. The van der Waals surface area contributed by atoms with Crippen molar-refractivity contribution in [2.24, 2.45) is 0 Å². The van der Waals surface area contributed by atoms with E-state index in [0.29, 0.717) is 12.2 Å². The van der Waals surface area contributed by atoms with Crippen molar-refractivity contribution < 1.29 is 27.8 Å². The van der Waals surface area contributed by atoms with Gasteiger partial charge in [-0.25, -0.2) is 0 Å². The van der Waals surface area contributed by atoms with Crippen molar-refractivity contribution >= 4 is 0 Å². The van der Waals surface area contributed by atoms with Crippen LogP contribution in [0.15, 0.2) is 24.3 Å². The van der Waals surface area contributed by atoms with Crippen LogP contribution in [0.4, 0.5) is 13.2 Å². The third-order valence-electron chi connectivity index (χ3n) is 1.97. The van der Waals surface area contributed by atoms with Crippen molar-refractivity contribution in [2.75, 3.05) is 6.61 Å². The average molecular weight is 250 g/mol. The number of hydrogen-bond acceptors (Lipinski definition) is 3. The van der Waals surface area contributed by atoms with E-state index in [9.17, 15) is 18.3 Å². The van der Waals surface area contributed by atoms with Gasteiger partial charge in [0.25, 0.3) is 0 Å². The van der Waals surface area contributed by atoms with Crippen LogP contribution < -0.4 is 9.47 Å². The Bertz CT molecular complexity index is 335. The average Bonchev–Trinajstić information content (AvgIpc) is 2.25. The van der Waals surface area contributed by atoms with Gasteiger partial charge in [0.05, 0.1) is 6.10 Å². The molecule has 0 radical (unpaired) electrons. The third-order valence-corrected chi connectivity index (χ3v) is 1.97. The van der Waals surface area contributed by atoms with Crippen LogP contribution in [0.5, 0.6) is 11.5 Å². The first-order chi connectivity index (χ1) is 7.90. The Balaban J connectivity index is 2.50. The van der Waals surface area contributed by atoms with Crippen molar-refractivity contribution in [2.45, 2.75) is 25.8 Å². The zero-order chi connectivity index (χ0) is 12.9. The summed E-state index contributed by atoms with van der Waals surface area (Å²) in [5.41, 5.74) is 0. The number of benzene rings is 1. The highest BCUT2D eigenvalue weighted by Crippen LogP contribution is 2.24. The van der Waals surface area contributed by atoms with E-state index in [1.165, 1.54) is 12.1 Å². The van der Waals surface area contributed by atoms with E-state index in [-0.39, 0.29) is 12.4 Å². The van der Waals surface area contributed by atoms with Gasteiger partial charge in [0, 0.05) is 0 Å². The quantitative estimate of drug-likeness (QED) is 0.873. The molecule has 0 fully saturated rings. The monoisotopic (exact) mass is 250 g/mol. The standard InChI is InChI=1S/C11H13F3O3/c1-2-8(15)7-16-9-3-5-10(6-4-9)17-11(12,13)14/h3-6,8,15H,2,7H2,1H3. The maximum atomic E-state index is 11.9. The van der Waals surface area contributed by atoms with Gasteiger partial charge in [-0.1, -0.05) is 6.92 Å². The van der Waals surface area contributed by atoms with Crippen LogP contribution in [0.1, 0.15) is 13.3 Å². The molecule has 1 aromatic rings. The van der Waals surface area contributed by atoms with Crippen molar-refractivity contribution in [3.8, 4) is 11.5 Å². The summed E-state index contributed by atoms with van der Waals surface area (Å²) < 4.78 is 44.4. The lowest BCUT2D eigenvalue weighted by Gasteiger charge is -2.11. The molecule has 0 aliphatic carbocycles. The number of aliphatic hydroxyl groups excluding tert-OH is 1. The van der Waals surface area contributed by atoms with E-state index < -0.39 is 12.5 Å². The Hall–Kier alpha value is -1.43. The lowest BCUT2D eigenvalue weighted by molar-refractivity contribution is -0.274. The molecular weight excluding hydrogens is 237 g/mol. The summed E-state index contributed by atoms with van der Waals surface area (Å²) in [6.07, 6.45) is -4.73. The molecule has 0 bridgehead atoms. The Morgan fingerprint density at radius 1 is 1.18 bits per heavy atom. The molecule has 17 heavy (non-hydrogen) atoms. The minimum atomic E-state index is -4.69. The zero-order valence-electron chi connectivity index (χ0n) is 9.20. The van der Waals surface area contributed by atoms with Gasteiger partial charge < -0.3 is 14.6 Å². The minimum absolute atomic E-state index is 0.107. The van der Waals surface area contributed by atoms with Gasteiger partial charge in [-0.2, -0.15) is 0 Å². The molecule has 0 aliphatic heterocycles. The molecule has 1 unspecified atom stereocenters. The molecule has 1 atom stereocenters. The Kier molecular flexibility index (Phi) is 4.62. The van der Waals surface area contributed by atoms with Crippen LogP contribution in [-0.4, -0.2) is 24.2 Å². The Morgan fingerprint density at radius 2 is 1.71 bits per heavy atom. The lowest BCUT2D eigenvalue weighted by atomic mass is 10.3. The molecule has 0 heterocycles. The molecule has 0 aromatic heterocycles. The Morgan fingerprint density at radius 3 is 2.18 bits per heavy atom. The number of aliphatic hydroxyl groups is 1. The van der Waals surface area contributed by atoms with Gasteiger partial charge in [0.15, 0.2) is 0 Å². The predicted molar refractivity (Wildman–Crippen MR) is 54.9 cm³/mol. The second-order valence-corrected chi connectivity index (χ2v) is 3.39. The predicted octanol–water partition coefficient (Wildman–Crippen LogP) is 2.73. The van der Waals surface area contributed by atoms with Crippen LogP contribution in [-0.2, 0) is 0 Å². The summed E-state index contributed by atoms with van der Waals surface area (Å²) in [5.74, 6) is 0.0768. The molecule has 1 N–H and O–H groups in total. The van der Waals surface area contributed by atoms with Crippen molar-refractivity contribution in [1.29, 1.82) is 0 Å². The van der Waals surface area contributed by atoms with E-state index in [0.717, 1.165) is 12.1 Å². The summed E-state index contributed by atoms with van der Waals surface area (Å²) >= 11 is 0. The maximum Gasteiger partial charge on any atom is 0.573 e. The van der Waals surface area contributed by atoms with E-state index >= 15 is 0 Å². The molecule has 0 amide bonds. The third kappa shape index (κ3) is 5.44. The molecule has 3 nitrogen and oxygen atoms in total. The highest BCUT2D eigenvalue weighted by Gasteiger charge is 2.30. The van der Waals surface area contributed by atoms with Gasteiger partial charge in [0.2, 0.25) is 0 Å². The van der Waals surface area contributed by atoms with E-state index in [2.05, 4.69) is 4.74 Å². The van der Waals surface area contributed by atoms with E-state index in [1.54, 1.807) is 6.92 Å². The topological polar surface area (TPSA) is 38.7 Å². The van der Waals surface area contributed by atoms with Gasteiger partial charge in [-0.3, -0.25) is 0 Å². The molecule has 6 heteroatoms. The molecular formula is C11H13F3O3. The second-order valence-electron chi connectivity index (χ2n) is 3.39. The van der Waals surface area contributed by atoms with Crippen LogP contribution in [0.25, 0.3) is 0 Å². The van der Waals surface area contributed by atoms with Crippen LogP contribution in [0.3, 0.4) is 0 Å². The Labute approximate surface area is 96.8 Å². The van der Waals surface area contributed by atoms with Gasteiger partial charge in [-0.05, 0) is 30.7 Å². The number of ether oxygens (including phenoxy) is 2. The molecule has 0 spiro atoms. The molecule has 1 aromatic carbocycles. The summed E-state index contributed by atoms with van der Waals surface area (Å²) in [6.45, 7) is 1.91. The molecule has 0 saturated heterocycles. The minimum Gasteiger partial charge on any atom is -0.491 e. The number of alkyl halides is 3. The largest absolute Gasteiger partial charge is 0.573 e. The van der Waals surface area contributed by atoms with Crippen molar-refractivity contribution in [3.05, 3.63) is 24.3 Å². The van der Waals surface area contributed by atoms with E-state index in [1.807, 2.05) is 0 Å². The SMILES string of the molecule is CCC(O)COc1ccc(OC(F)(F)F)cc1. The maximum absolute atomic E-state index is 11.9. The normalized spacial score (nSPS) is 13.2. The zero-order valence-corrected chi connectivity index (χ0v) is 9.20. The highest BCUT2D eigenvalue weighted by molar-refractivity contribution is 5.31. The summed E-state index contributed by atoms with van der Waals surface area (Å²) in [5, 5.41) is 9.23. The molecule has 1 rings (SSSR count). The van der Waals surface area contributed by atoms with E-state index in [4.69, 9.17) is 4.74 Å². The van der Waals surface area contributed by atoms with Crippen LogP contribution in [0, 0.1) is 0 Å². The van der Waals surface area contributed by atoms with Gasteiger partial charge in [-0.15, -0.1) is 13.2 Å². The summed E-state index contributed by atoms with van der Waals surface area (Å²) in [6, 6.07) is 5.01. The lowest BCUT2D eigenvalue weighted by Crippen LogP contribution is -2.17. The fourth-order valence-electron chi connectivity index (χ4n) is 1.05. The smallest absolute Gasteiger partial charge is 0.491 e. The highest BCUT2D eigenvalue weighted by atomic mass is 19.4. The number of rotatable bonds is 5. The first-order valence-electron chi connectivity index (χ1n) is 5.07. The number of hydrogen-bond donors (Lipinski definition) is 1. The number of halogens is 3.